The van der Waals surface area contributed by atoms with Gasteiger partial charge in [0.2, 0.25) is 0 Å². The van der Waals surface area contributed by atoms with Gasteiger partial charge in [-0.1, -0.05) is 0 Å². The first kappa shape index (κ1) is 28.3. The standard InChI is InChI=1S/C30H52O7/c1-25(2,31)21-12-16-29(7,35-21)23-13-17-27(5,36-23)22-10-9-19(33-22)20-11-15-28(6,34-20)24-14-18-30(8,37-24)26(3,4)32/h19-24,31-32H,9-18H2,1-8H3/t19-,20+,21+,22+,23+,24+,27-,28-,29-,30-/m1/s1. The van der Waals surface area contributed by atoms with Gasteiger partial charge in [-0.25, -0.2) is 0 Å². The Morgan fingerprint density at radius 2 is 1.14 bits per heavy atom. The third-order valence-electron chi connectivity index (χ3n) is 10.9. The summed E-state index contributed by atoms with van der Waals surface area (Å²) >= 11 is 0. The second-order valence-corrected chi connectivity index (χ2v) is 14.8. The molecule has 5 rings (SSSR count). The maximum absolute atomic E-state index is 10.6. The van der Waals surface area contributed by atoms with E-state index < -0.39 is 16.8 Å². The van der Waals surface area contributed by atoms with E-state index in [1.54, 1.807) is 0 Å². The van der Waals surface area contributed by atoms with E-state index in [0.717, 1.165) is 64.2 Å². The van der Waals surface area contributed by atoms with Crippen molar-refractivity contribution in [1.82, 2.24) is 0 Å². The second kappa shape index (κ2) is 9.12. The normalized spacial score (nSPS) is 51.4. The van der Waals surface area contributed by atoms with Crippen LogP contribution in [0.5, 0.6) is 0 Å². The van der Waals surface area contributed by atoms with E-state index >= 15 is 0 Å². The summed E-state index contributed by atoms with van der Waals surface area (Å²) in [5.74, 6) is 0. The van der Waals surface area contributed by atoms with Gasteiger partial charge >= 0.3 is 0 Å². The van der Waals surface area contributed by atoms with Gasteiger partial charge in [0.1, 0.15) is 0 Å². The van der Waals surface area contributed by atoms with E-state index in [1.165, 1.54) is 0 Å². The fourth-order valence-electron chi connectivity index (χ4n) is 7.62. The van der Waals surface area contributed by atoms with Crippen molar-refractivity contribution in [2.75, 3.05) is 0 Å². The van der Waals surface area contributed by atoms with E-state index in [0.29, 0.717) is 0 Å². The van der Waals surface area contributed by atoms with Crippen molar-refractivity contribution in [2.24, 2.45) is 0 Å². The van der Waals surface area contributed by atoms with Crippen LogP contribution in [-0.2, 0) is 23.7 Å². The summed E-state index contributed by atoms with van der Waals surface area (Å²) in [4.78, 5) is 0. The number of hydrogen-bond donors (Lipinski definition) is 2. The van der Waals surface area contributed by atoms with Gasteiger partial charge < -0.3 is 33.9 Å². The molecule has 5 heterocycles. The number of ether oxygens (including phenoxy) is 5. The fraction of sp³-hybridized carbons (Fsp3) is 1.00. The molecule has 0 aliphatic carbocycles. The van der Waals surface area contributed by atoms with E-state index in [1.807, 2.05) is 34.6 Å². The molecule has 5 aliphatic rings. The first-order chi connectivity index (χ1) is 17.0. The van der Waals surface area contributed by atoms with Gasteiger partial charge in [-0.05, 0) is 120 Å². The summed E-state index contributed by atoms with van der Waals surface area (Å²) in [6.07, 6.45) is 9.33. The highest BCUT2D eigenvalue weighted by atomic mass is 16.6. The minimum Gasteiger partial charge on any atom is -0.388 e. The average Bonchev–Trinajstić information content (AvgIpc) is 3.57. The van der Waals surface area contributed by atoms with Gasteiger partial charge in [-0.3, -0.25) is 0 Å². The predicted octanol–water partition coefficient (Wildman–Crippen LogP) is 4.83. The molecule has 0 bridgehead atoms. The third-order valence-corrected chi connectivity index (χ3v) is 10.9. The molecular formula is C30H52O7. The summed E-state index contributed by atoms with van der Waals surface area (Å²) < 4.78 is 33.0. The van der Waals surface area contributed by atoms with E-state index in [-0.39, 0.29) is 53.4 Å². The van der Waals surface area contributed by atoms with Gasteiger partial charge in [0.05, 0.1) is 70.2 Å². The molecule has 5 saturated heterocycles. The maximum Gasteiger partial charge on any atom is 0.0940 e. The number of aliphatic hydroxyl groups is 2. The summed E-state index contributed by atoms with van der Waals surface area (Å²) in [5.41, 5.74) is -3.32. The zero-order chi connectivity index (χ0) is 27.1. The van der Waals surface area contributed by atoms with Crippen LogP contribution in [0.25, 0.3) is 0 Å². The Kier molecular flexibility index (Phi) is 6.96. The smallest absolute Gasteiger partial charge is 0.0940 e. The van der Waals surface area contributed by atoms with Crippen LogP contribution in [0.15, 0.2) is 0 Å². The molecule has 10 atom stereocenters. The number of hydrogen-bond acceptors (Lipinski definition) is 7. The molecule has 0 aromatic carbocycles. The molecule has 0 aromatic heterocycles. The topological polar surface area (TPSA) is 86.6 Å². The Bertz CT molecular complexity index is 850. The lowest BCUT2D eigenvalue weighted by molar-refractivity contribution is -0.211. The lowest BCUT2D eigenvalue weighted by Gasteiger charge is -2.39. The molecule has 0 spiro atoms. The minimum atomic E-state index is -0.887. The van der Waals surface area contributed by atoms with Crippen LogP contribution in [0, 0.1) is 0 Å². The summed E-state index contributed by atoms with van der Waals surface area (Å²) in [6, 6.07) is 0. The zero-order valence-electron chi connectivity index (χ0n) is 24.5. The molecule has 2 N–H and O–H groups in total. The van der Waals surface area contributed by atoms with Crippen molar-refractivity contribution in [3.8, 4) is 0 Å². The van der Waals surface area contributed by atoms with Crippen LogP contribution in [0.4, 0.5) is 0 Å². The van der Waals surface area contributed by atoms with Crippen molar-refractivity contribution in [3.63, 3.8) is 0 Å². The molecule has 37 heavy (non-hydrogen) atoms. The predicted molar refractivity (Wildman–Crippen MR) is 141 cm³/mol. The lowest BCUT2D eigenvalue weighted by Crippen LogP contribution is -2.50. The van der Waals surface area contributed by atoms with Crippen LogP contribution >= 0.6 is 0 Å². The molecule has 7 nitrogen and oxygen atoms in total. The maximum atomic E-state index is 10.6. The molecule has 0 saturated carbocycles. The molecular weight excluding hydrogens is 472 g/mol. The first-order valence-electron chi connectivity index (χ1n) is 14.8. The Morgan fingerprint density at radius 1 is 0.568 bits per heavy atom. The van der Waals surface area contributed by atoms with E-state index in [2.05, 4.69) is 20.8 Å². The lowest BCUT2D eigenvalue weighted by atomic mass is 9.84. The van der Waals surface area contributed by atoms with Crippen molar-refractivity contribution < 1.29 is 33.9 Å². The minimum absolute atomic E-state index is 0.0116. The Hall–Kier alpha value is -0.280. The summed E-state index contributed by atoms with van der Waals surface area (Å²) in [6.45, 7) is 15.9. The third kappa shape index (κ3) is 5.05. The Morgan fingerprint density at radius 3 is 1.76 bits per heavy atom. The molecule has 214 valence electrons. The molecule has 7 heteroatoms. The molecule has 0 aromatic rings. The molecule has 0 unspecified atom stereocenters. The van der Waals surface area contributed by atoms with Gasteiger partial charge in [0.25, 0.3) is 0 Å². The molecule has 0 radical (unpaired) electrons. The first-order valence-corrected chi connectivity index (χ1v) is 14.8. The Balaban J connectivity index is 1.16. The van der Waals surface area contributed by atoms with Gasteiger partial charge in [-0.2, -0.15) is 0 Å². The SMILES string of the molecule is CC(C)(O)[C@@H]1CC[C@](C)([C@@H]2CC[C@](C)([C@@H]3CC[C@H]([C@@H]4CC[C@](C)([C@@H]5CC[C@](C)(C(C)(C)O)O5)O4)O3)O2)O1. The highest BCUT2D eigenvalue weighted by Crippen LogP contribution is 2.50. The van der Waals surface area contributed by atoms with Crippen molar-refractivity contribution in [3.05, 3.63) is 0 Å². The van der Waals surface area contributed by atoms with Crippen LogP contribution in [0.2, 0.25) is 0 Å². The molecule has 0 amide bonds. The highest BCUT2D eigenvalue weighted by Gasteiger charge is 2.58. The van der Waals surface area contributed by atoms with Crippen LogP contribution < -0.4 is 0 Å². The average molecular weight is 525 g/mol. The van der Waals surface area contributed by atoms with Gasteiger partial charge in [0.15, 0.2) is 0 Å². The van der Waals surface area contributed by atoms with E-state index in [4.69, 9.17) is 23.7 Å². The van der Waals surface area contributed by atoms with Crippen molar-refractivity contribution in [1.29, 1.82) is 0 Å². The van der Waals surface area contributed by atoms with E-state index in [9.17, 15) is 10.2 Å². The molecule has 5 aliphatic heterocycles. The molecule has 5 fully saturated rings. The fourth-order valence-corrected chi connectivity index (χ4v) is 7.62. The van der Waals surface area contributed by atoms with Crippen LogP contribution in [0.3, 0.4) is 0 Å². The zero-order valence-corrected chi connectivity index (χ0v) is 24.5. The monoisotopic (exact) mass is 524 g/mol. The quantitative estimate of drug-likeness (QED) is 0.515. The van der Waals surface area contributed by atoms with Crippen molar-refractivity contribution >= 4 is 0 Å². The summed E-state index contributed by atoms with van der Waals surface area (Å²) in [7, 11) is 0. The second-order valence-electron chi connectivity index (χ2n) is 14.8. The highest BCUT2D eigenvalue weighted by molar-refractivity contribution is 5.06. The van der Waals surface area contributed by atoms with Crippen molar-refractivity contribution in [2.45, 2.75) is 190 Å². The van der Waals surface area contributed by atoms with Crippen LogP contribution in [0.1, 0.15) is 120 Å². The Labute approximate surface area is 223 Å². The van der Waals surface area contributed by atoms with Gasteiger partial charge in [0, 0.05) is 0 Å². The van der Waals surface area contributed by atoms with Crippen LogP contribution in [-0.4, -0.2) is 80.4 Å². The largest absolute Gasteiger partial charge is 0.388 e. The summed E-state index contributed by atoms with van der Waals surface area (Å²) in [5, 5.41) is 21.1. The van der Waals surface area contributed by atoms with Gasteiger partial charge in [-0.15, -0.1) is 0 Å². The number of rotatable bonds is 6.